The number of anilines is 3. The molecule has 0 radical (unpaired) electrons. The first-order valence-electron chi connectivity index (χ1n) is 9.44. The summed E-state index contributed by atoms with van der Waals surface area (Å²) in [5, 5.41) is 3.27. The molecule has 144 valence electrons. The van der Waals surface area contributed by atoms with E-state index in [1.165, 1.54) is 5.56 Å². The highest BCUT2D eigenvalue weighted by Gasteiger charge is 2.22. The quantitative estimate of drug-likeness (QED) is 0.797. The molecule has 8 nitrogen and oxygen atoms in total. The van der Waals surface area contributed by atoms with Crippen LogP contribution >= 0.6 is 0 Å². The second-order valence-corrected chi connectivity index (χ2v) is 6.84. The van der Waals surface area contributed by atoms with Gasteiger partial charge in [0.05, 0.1) is 0 Å². The number of benzene rings is 1. The van der Waals surface area contributed by atoms with Gasteiger partial charge in [0.1, 0.15) is 12.0 Å². The van der Waals surface area contributed by atoms with Crippen LogP contribution in [0.1, 0.15) is 18.9 Å². The lowest BCUT2D eigenvalue weighted by Crippen LogP contribution is -2.46. The fraction of sp³-hybridized carbons (Fsp3) is 0.474. The molecule has 0 aliphatic carbocycles. The predicted molar refractivity (Wildman–Crippen MR) is 105 cm³/mol. The van der Waals surface area contributed by atoms with Gasteiger partial charge in [-0.3, -0.25) is 4.90 Å². The zero-order valence-electron chi connectivity index (χ0n) is 15.6. The topological polar surface area (TPSA) is 88.8 Å². The molecule has 0 amide bonds. The van der Waals surface area contributed by atoms with Gasteiger partial charge in [0.2, 0.25) is 6.79 Å². The number of hydrogen-bond donors (Lipinski definition) is 2. The first kappa shape index (κ1) is 17.7. The number of nitrogen functional groups attached to an aromatic ring is 1. The van der Waals surface area contributed by atoms with Gasteiger partial charge in [-0.05, 0) is 24.1 Å². The van der Waals surface area contributed by atoms with E-state index in [1.54, 1.807) is 6.33 Å². The number of piperazine rings is 1. The van der Waals surface area contributed by atoms with E-state index in [1.807, 2.05) is 6.07 Å². The zero-order valence-corrected chi connectivity index (χ0v) is 15.6. The SMILES string of the molecule is CCCNc1ncnc(N2CCN(Cc3ccc4c(c3)OCO4)CC2)c1N. The van der Waals surface area contributed by atoms with E-state index >= 15 is 0 Å². The van der Waals surface area contributed by atoms with Crippen molar-refractivity contribution in [3.63, 3.8) is 0 Å². The lowest BCUT2D eigenvalue weighted by atomic mass is 10.1. The van der Waals surface area contributed by atoms with Gasteiger partial charge in [0.25, 0.3) is 0 Å². The number of hydrogen-bond acceptors (Lipinski definition) is 8. The first-order valence-corrected chi connectivity index (χ1v) is 9.44. The first-order chi connectivity index (χ1) is 13.2. The maximum atomic E-state index is 6.30. The molecular formula is C19H26N6O2. The molecule has 0 saturated carbocycles. The number of rotatable bonds is 6. The summed E-state index contributed by atoms with van der Waals surface area (Å²) >= 11 is 0. The molecule has 2 aromatic rings. The summed E-state index contributed by atoms with van der Waals surface area (Å²) in [4.78, 5) is 13.4. The van der Waals surface area contributed by atoms with E-state index in [0.29, 0.717) is 12.5 Å². The van der Waals surface area contributed by atoms with E-state index in [-0.39, 0.29) is 0 Å². The Morgan fingerprint density at radius 2 is 1.93 bits per heavy atom. The number of nitrogens with zero attached hydrogens (tertiary/aromatic N) is 4. The van der Waals surface area contributed by atoms with Crippen LogP contribution in [0.5, 0.6) is 11.5 Å². The van der Waals surface area contributed by atoms with Crippen molar-refractivity contribution < 1.29 is 9.47 Å². The standard InChI is InChI=1S/C19H26N6O2/c1-2-5-21-18-17(20)19(23-12-22-18)25-8-6-24(7-9-25)11-14-3-4-15-16(10-14)27-13-26-15/h3-4,10,12H,2,5-9,11,13,20H2,1H3,(H,21,22,23). The second-order valence-electron chi connectivity index (χ2n) is 6.84. The van der Waals surface area contributed by atoms with Crippen LogP contribution in [0.15, 0.2) is 24.5 Å². The third-order valence-electron chi connectivity index (χ3n) is 4.92. The molecule has 1 aromatic heterocycles. The van der Waals surface area contributed by atoms with E-state index in [4.69, 9.17) is 15.2 Å². The molecule has 0 unspecified atom stereocenters. The number of aromatic nitrogens is 2. The molecule has 1 saturated heterocycles. The van der Waals surface area contributed by atoms with E-state index < -0.39 is 0 Å². The second kappa shape index (κ2) is 7.87. The lowest BCUT2D eigenvalue weighted by Gasteiger charge is -2.36. The van der Waals surface area contributed by atoms with Crippen LogP contribution in [0.2, 0.25) is 0 Å². The average Bonchev–Trinajstić information content (AvgIpc) is 3.16. The molecule has 0 atom stereocenters. The normalized spacial score (nSPS) is 16.6. The number of nitrogens with two attached hydrogens (primary N) is 1. The smallest absolute Gasteiger partial charge is 0.231 e. The molecule has 1 fully saturated rings. The highest BCUT2D eigenvalue weighted by atomic mass is 16.7. The third-order valence-corrected chi connectivity index (χ3v) is 4.92. The Labute approximate surface area is 159 Å². The number of ether oxygens (including phenoxy) is 2. The molecular weight excluding hydrogens is 344 g/mol. The Hall–Kier alpha value is -2.74. The summed E-state index contributed by atoms with van der Waals surface area (Å²) in [5.74, 6) is 3.22. The summed E-state index contributed by atoms with van der Waals surface area (Å²) in [6.07, 6.45) is 2.61. The molecule has 4 rings (SSSR count). The van der Waals surface area contributed by atoms with Crippen molar-refractivity contribution in [3.05, 3.63) is 30.1 Å². The number of nitrogens with one attached hydrogen (secondary N) is 1. The van der Waals surface area contributed by atoms with Crippen LogP contribution in [0, 0.1) is 0 Å². The third kappa shape index (κ3) is 3.85. The van der Waals surface area contributed by atoms with Crippen molar-refractivity contribution in [1.29, 1.82) is 0 Å². The highest BCUT2D eigenvalue weighted by Crippen LogP contribution is 2.33. The van der Waals surface area contributed by atoms with Crippen LogP contribution in [-0.4, -0.2) is 54.4 Å². The Kier molecular flexibility index (Phi) is 5.15. The Morgan fingerprint density at radius 3 is 2.74 bits per heavy atom. The summed E-state index contributed by atoms with van der Waals surface area (Å²) in [6.45, 7) is 7.86. The monoisotopic (exact) mass is 370 g/mol. The van der Waals surface area contributed by atoms with Crippen molar-refractivity contribution in [2.75, 3.05) is 55.5 Å². The van der Waals surface area contributed by atoms with Crippen LogP contribution in [-0.2, 0) is 6.54 Å². The Balaban J connectivity index is 1.36. The predicted octanol–water partition coefficient (Wildman–Crippen LogP) is 1.93. The van der Waals surface area contributed by atoms with Crippen LogP contribution in [0.3, 0.4) is 0 Å². The average molecular weight is 370 g/mol. The molecule has 3 N–H and O–H groups in total. The van der Waals surface area contributed by atoms with Gasteiger partial charge in [-0.15, -0.1) is 0 Å². The summed E-state index contributed by atoms with van der Waals surface area (Å²) in [7, 11) is 0. The largest absolute Gasteiger partial charge is 0.454 e. The minimum Gasteiger partial charge on any atom is -0.454 e. The van der Waals surface area contributed by atoms with Gasteiger partial charge >= 0.3 is 0 Å². The lowest BCUT2D eigenvalue weighted by molar-refractivity contribution is 0.174. The van der Waals surface area contributed by atoms with Crippen LogP contribution in [0.25, 0.3) is 0 Å². The van der Waals surface area contributed by atoms with Gasteiger partial charge in [-0.25, -0.2) is 9.97 Å². The fourth-order valence-electron chi connectivity index (χ4n) is 3.44. The van der Waals surface area contributed by atoms with Gasteiger partial charge in [0, 0.05) is 39.3 Å². The van der Waals surface area contributed by atoms with Crippen LogP contribution < -0.4 is 25.4 Å². The molecule has 0 spiro atoms. The van der Waals surface area contributed by atoms with Crippen molar-refractivity contribution in [1.82, 2.24) is 14.9 Å². The maximum Gasteiger partial charge on any atom is 0.231 e. The number of fused-ring (bicyclic) bond motifs is 1. The molecule has 27 heavy (non-hydrogen) atoms. The molecule has 1 aromatic carbocycles. The van der Waals surface area contributed by atoms with Crippen molar-refractivity contribution >= 4 is 17.3 Å². The summed E-state index contributed by atoms with van der Waals surface area (Å²) in [6, 6.07) is 6.16. The Bertz CT molecular complexity index is 792. The van der Waals surface area contributed by atoms with E-state index in [0.717, 1.165) is 68.8 Å². The summed E-state index contributed by atoms with van der Waals surface area (Å²) < 4.78 is 10.9. The minimum absolute atomic E-state index is 0.312. The molecule has 2 aliphatic rings. The molecule has 0 bridgehead atoms. The van der Waals surface area contributed by atoms with Gasteiger partial charge in [0.15, 0.2) is 23.1 Å². The molecule has 3 heterocycles. The summed E-state index contributed by atoms with van der Waals surface area (Å²) in [5.41, 5.74) is 8.17. The Morgan fingerprint density at radius 1 is 1.11 bits per heavy atom. The molecule has 8 heteroatoms. The van der Waals surface area contributed by atoms with Crippen molar-refractivity contribution in [3.8, 4) is 11.5 Å². The van der Waals surface area contributed by atoms with Crippen molar-refractivity contribution in [2.45, 2.75) is 19.9 Å². The van der Waals surface area contributed by atoms with E-state index in [9.17, 15) is 0 Å². The van der Waals surface area contributed by atoms with Gasteiger partial charge < -0.3 is 25.4 Å². The van der Waals surface area contributed by atoms with Crippen molar-refractivity contribution in [2.24, 2.45) is 0 Å². The van der Waals surface area contributed by atoms with E-state index in [2.05, 4.69) is 44.1 Å². The highest BCUT2D eigenvalue weighted by molar-refractivity contribution is 5.75. The fourth-order valence-corrected chi connectivity index (χ4v) is 3.44. The maximum absolute atomic E-state index is 6.30. The van der Waals surface area contributed by atoms with Gasteiger partial charge in [-0.2, -0.15) is 0 Å². The van der Waals surface area contributed by atoms with Gasteiger partial charge in [-0.1, -0.05) is 13.0 Å². The molecule has 2 aliphatic heterocycles. The zero-order chi connectivity index (χ0) is 18.6. The minimum atomic E-state index is 0.312. The van der Waals surface area contributed by atoms with Crippen LogP contribution in [0.4, 0.5) is 17.3 Å².